The Morgan fingerprint density at radius 3 is 2.20 bits per heavy atom. The summed E-state index contributed by atoms with van der Waals surface area (Å²) in [6.07, 6.45) is 0. The topological polar surface area (TPSA) is 87.7 Å². The zero-order chi connectivity index (χ0) is 21.6. The molecular formula is C24H20NO5+. The number of fused-ring (bicyclic) bond motifs is 2. The molecule has 0 atom stereocenters. The van der Waals surface area contributed by atoms with Crippen molar-refractivity contribution in [1.29, 1.82) is 0 Å². The number of carbonyl (C=O) groups is 2. The third-order valence-corrected chi connectivity index (χ3v) is 5.25. The van der Waals surface area contributed by atoms with Crippen LogP contribution in [0.1, 0.15) is 31.8 Å². The molecule has 6 nitrogen and oxygen atoms in total. The molecule has 0 amide bonds. The van der Waals surface area contributed by atoms with Crippen LogP contribution in [-0.4, -0.2) is 22.2 Å². The number of para-hydroxylation sites is 1. The number of nitrogens with zero attached hydrogens (tertiary/aromatic N) is 1. The SMILES string of the molecule is Cc1cc(C(=O)O)cc(C)c1OC(=O)c1c2ccccc2[n+](C)c2ccc(O)cc12. The summed E-state index contributed by atoms with van der Waals surface area (Å²) in [6.45, 7) is 3.41. The van der Waals surface area contributed by atoms with E-state index >= 15 is 0 Å². The van der Waals surface area contributed by atoms with Gasteiger partial charge < -0.3 is 14.9 Å². The number of aromatic carboxylic acids is 1. The van der Waals surface area contributed by atoms with Gasteiger partial charge in [-0.3, -0.25) is 0 Å². The fraction of sp³-hybridized carbons (Fsp3) is 0.125. The van der Waals surface area contributed by atoms with Gasteiger partial charge in [-0.2, -0.15) is 4.57 Å². The first-order valence-corrected chi connectivity index (χ1v) is 9.38. The number of aromatic nitrogens is 1. The number of esters is 1. The second-order valence-corrected chi connectivity index (χ2v) is 7.29. The van der Waals surface area contributed by atoms with E-state index in [1.54, 1.807) is 32.0 Å². The van der Waals surface area contributed by atoms with Gasteiger partial charge in [-0.05, 0) is 55.3 Å². The van der Waals surface area contributed by atoms with Crippen LogP contribution in [0.25, 0.3) is 21.8 Å². The normalized spacial score (nSPS) is 11.0. The van der Waals surface area contributed by atoms with E-state index in [0.717, 1.165) is 11.0 Å². The average molecular weight is 402 g/mol. The number of benzene rings is 3. The molecule has 0 fully saturated rings. The summed E-state index contributed by atoms with van der Waals surface area (Å²) in [5.41, 5.74) is 3.20. The van der Waals surface area contributed by atoms with E-state index in [1.807, 2.05) is 35.9 Å². The minimum absolute atomic E-state index is 0.0463. The molecule has 1 heterocycles. The Balaban J connectivity index is 1.93. The van der Waals surface area contributed by atoms with Crippen LogP contribution in [-0.2, 0) is 7.05 Å². The van der Waals surface area contributed by atoms with E-state index in [-0.39, 0.29) is 11.3 Å². The van der Waals surface area contributed by atoms with Crippen LogP contribution in [0.4, 0.5) is 0 Å². The van der Waals surface area contributed by atoms with Crippen LogP contribution >= 0.6 is 0 Å². The second kappa shape index (κ2) is 7.15. The molecule has 0 saturated heterocycles. The van der Waals surface area contributed by atoms with Crippen molar-refractivity contribution < 1.29 is 29.1 Å². The van der Waals surface area contributed by atoms with E-state index in [2.05, 4.69) is 0 Å². The Kier molecular flexibility index (Phi) is 4.62. The van der Waals surface area contributed by atoms with Gasteiger partial charge in [0.15, 0.2) is 0 Å². The molecular weight excluding hydrogens is 382 g/mol. The maximum atomic E-state index is 13.4. The molecule has 0 aliphatic rings. The summed E-state index contributed by atoms with van der Waals surface area (Å²) in [7, 11) is 1.90. The molecule has 0 bridgehead atoms. The number of hydrogen-bond acceptors (Lipinski definition) is 4. The molecule has 0 aliphatic heterocycles. The molecule has 3 aromatic carbocycles. The number of carbonyl (C=O) groups excluding carboxylic acids is 1. The first-order valence-electron chi connectivity index (χ1n) is 9.38. The van der Waals surface area contributed by atoms with Crippen LogP contribution in [0.2, 0.25) is 0 Å². The fourth-order valence-electron chi connectivity index (χ4n) is 3.87. The zero-order valence-electron chi connectivity index (χ0n) is 16.8. The maximum absolute atomic E-state index is 13.4. The molecule has 4 aromatic rings. The highest BCUT2D eigenvalue weighted by Gasteiger charge is 2.25. The lowest BCUT2D eigenvalue weighted by Crippen LogP contribution is -2.31. The van der Waals surface area contributed by atoms with E-state index in [0.29, 0.717) is 33.2 Å². The lowest BCUT2D eigenvalue weighted by atomic mass is 10.0. The zero-order valence-corrected chi connectivity index (χ0v) is 16.8. The summed E-state index contributed by atoms with van der Waals surface area (Å²) in [5.74, 6) is -1.24. The fourth-order valence-corrected chi connectivity index (χ4v) is 3.87. The third-order valence-electron chi connectivity index (χ3n) is 5.25. The molecule has 1 aromatic heterocycles. The van der Waals surface area contributed by atoms with Gasteiger partial charge in [0, 0.05) is 12.1 Å². The Labute approximate surface area is 172 Å². The second-order valence-electron chi connectivity index (χ2n) is 7.29. The van der Waals surface area contributed by atoms with Crippen LogP contribution in [0.15, 0.2) is 54.6 Å². The predicted molar refractivity (Wildman–Crippen MR) is 112 cm³/mol. The first-order chi connectivity index (χ1) is 14.3. The molecule has 6 heteroatoms. The molecule has 4 rings (SSSR count). The number of aryl methyl sites for hydroxylation is 3. The minimum atomic E-state index is -1.04. The number of pyridine rings is 1. The monoisotopic (exact) mass is 402 g/mol. The van der Waals surface area contributed by atoms with E-state index in [1.165, 1.54) is 12.1 Å². The number of carboxylic acid groups (broad SMARTS) is 1. The lowest BCUT2D eigenvalue weighted by Gasteiger charge is -2.14. The van der Waals surface area contributed by atoms with Gasteiger partial charge in [-0.1, -0.05) is 12.1 Å². The van der Waals surface area contributed by atoms with Gasteiger partial charge >= 0.3 is 11.9 Å². The smallest absolute Gasteiger partial charge is 0.345 e. The summed E-state index contributed by atoms with van der Waals surface area (Å²) in [6, 6.07) is 15.3. The largest absolute Gasteiger partial charge is 0.508 e. The number of ether oxygens (including phenoxy) is 1. The molecule has 0 saturated carbocycles. The number of rotatable bonds is 3. The summed E-state index contributed by atoms with van der Waals surface area (Å²) < 4.78 is 7.73. The van der Waals surface area contributed by atoms with Crippen molar-refractivity contribution in [2.24, 2.45) is 7.05 Å². The molecule has 0 radical (unpaired) electrons. The first kappa shape index (κ1) is 19.4. The Morgan fingerprint density at radius 2 is 1.53 bits per heavy atom. The standard InChI is InChI=1S/C24H19NO5/c1-13-10-15(23(27)28)11-14(2)22(13)30-24(29)21-17-6-4-5-7-19(17)25(3)20-9-8-16(26)12-18(20)21/h4-12H,1-3H3,(H-,26,27,28,29)/p+1. The van der Waals surface area contributed by atoms with Crippen LogP contribution < -0.4 is 9.30 Å². The number of aromatic hydroxyl groups is 1. The van der Waals surface area contributed by atoms with Crippen molar-refractivity contribution in [1.82, 2.24) is 0 Å². The van der Waals surface area contributed by atoms with Gasteiger partial charge in [0.1, 0.15) is 18.5 Å². The third kappa shape index (κ3) is 3.12. The Bertz CT molecular complexity index is 1330. The van der Waals surface area contributed by atoms with Crippen LogP contribution in [0, 0.1) is 13.8 Å². The highest BCUT2D eigenvalue weighted by Crippen LogP contribution is 2.31. The molecule has 150 valence electrons. The van der Waals surface area contributed by atoms with E-state index in [9.17, 15) is 19.8 Å². The van der Waals surface area contributed by atoms with Crippen molar-refractivity contribution in [2.75, 3.05) is 0 Å². The molecule has 30 heavy (non-hydrogen) atoms. The van der Waals surface area contributed by atoms with Crippen molar-refractivity contribution in [2.45, 2.75) is 13.8 Å². The van der Waals surface area contributed by atoms with E-state index < -0.39 is 11.9 Å². The lowest BCUT2D eigenvalue weighted by molar-refractivity contribution is -0.617. The average Bonchev–Trinajstić information content (AvgIpc) is 2.70. The summed E-state index contributed by atoms with van der Waals surface area (Å²) >= 11 is 0. The predicted octanol–water partition coefficient (Wildman–Crippen LogP) is 4.06. The Morgan fingerprint density at radius 1 is 0.900 bits per heavy atom. The molecule has 2 N–H and O–H groups in total. The number of phenolic OH excluding ortho intramolecular Hbond substituents is 1. The van der Waals surface area contributed by atoms with Crippen molar-refractivity contribution in [3.8, 4) is 11.5 Å². The molecule has 0 spiro atoms. The minimum Gasteiger partial charge on any atom is -0.508 e. The summed E-state index contributed by atoms with van der Waals surface area (Å²) in [5, 5.41) is 20.5. The van der Waals surface area contributed by atoms with Gasteiger partial charge in [-0.25, -0.2) is 9.59 Å². The highest BCUT2D eigenvalue weighted by atomic mass is 16.5. The molecule has 0 aliphatic carbocycles. The Hall–Kier alpha value is -3.93. The van der Waals surface area contributed by atoms with Gasteiger partial charge in [0.25, 0.3) is 0 Å². The van der Waals surface area contributed by atoms with Crippen LogP contribution in [0.3, 0.4) is 0 Å². The van der Waals surface area contributed by atoms with Crippen molar-refractivity contribution in [3.05, 3.63) is 76.9 Å². The van der Waals surface area contributed by atoms with E-state index in [4.69, 9.17) is 4.74 Å². The molecule has 0 unspecified atom stereocenters. The van der Waals surface area contributed by atoms with Gasteiger partial charge in [0.05, 0.1) is 21.9 Å². The number of phenols is 1. The highest BCUT2D eigenvalue weighted by molar-refractivity contribution is 6.13. The number of carboxylic acids is 1. The van der Waals surface area contributed by atoms with Crippen molar-refractivity contribution in [3.63, 3.8) is 0 Å². The maximum Gasteiger partial charge on any atom is 0.345 e. The van der Waals surface area contributed by atoms with Crippen molar-refractivity contribution >= 4 is 33.7 Å². The number of hydrogen-bond donors (Lipinski definition) is 2. The van der Waals surface area contributed by atoms with Gasteiger partial charge in [-0.15, -0.1) is 0 Å². The van der Waals surface area contributed by atoms with Crippen LogP contribution in [0.5, 0.6) is 11.5 Å². The van der Waals surface area contributed by atoms with Gasteiger partial charge in [0.2, 0.25) is 11.0 Å². The summed E-state index contributed by atoms with van der Waals surface area (Å²) in [4.78, 5) is 24.6. The quantitative estimate of drug-likeness (QED) is 0.234.